The molecule has 0 spiro atoms. The van der Waals surface area contributed by atoms with Gasteiger partial charge < -0.3 is 9.84 Å². The van der Waals surface area contributed by atoms with Crippen LogP contribution in [0, 0.1) is 11.6 Å². The van der Waals surface area contributed by atoms with Gasteiger partial charge in [0.15, 0.2) is 0 Å². The summed E-state index contributed by atoms with van der Waals surface area (Å²) in [7, 11) is 0. The van der Waals surface area contributed by atoms with Gasteiger partial charge in [0.05, 0.1) is 28.9 Å². The number of carbonyl (C=O) groups is 2. The number of aliphatic hydroxyl groups excluding tert-OH is 1. The Morgan fingerprint density at radius 1 is 1.06 bits per heavy atom. The zero-order valence-corrected chi connectivity index (χ0v) is 18.1. The highest BCUT2D eigenvalue weighted by molar-refractivity contribution is 6.51. The number of rotatable bonds is 5. The molecular formula is C25H18ClF2NO4. The van der Waals surface area contributed by atoms with E-state index < -0.39 is 35.1 Å². The molecule has 1 atom stereocenters. The predicted molar refractivity (Wildman–Crippen MR) is 120 cm³/mol. The fraction of sp³-hybridized carbons (Fsp3) is 0.120. The Labute approximate surface area is 193 Å². The number of benzene rings is 3. The molecule has 1 N–H and O–H groups in total. The summed E-state index contributed by atoms with van der Waals surface area (Å²) in [5, 5.41) is 11.4. The number of ether oxygens (including phenoxy) is 1. The lowest BCUT2D eigenvalue weighted by Gasteiger charge is -2.25. The normalized spacial score (nSPS) is 17.5. The Hall–Kier alpha value is -3.71. The van der Waals surface area contributed by atoms with E-state index in [0.717, 1.165) is 17.0 Å². The first-order chi connectivity index (χ1) is 15.8. The van der Waals surface area contributed by atoms with Gasteiger partial charge in [-0.2, -0.15) is 0 Å². The molecule has 8 heteroatoms. The number of nitrogens with zero attached hydrogens (tertiary/aromatic N) is 1. The van der Waals surface area contributed by atoms with Crippen LogP contribution in [0.3, 0.4) is 0 Å². The molecule has 3 aromatic rings. The first kappa shape index (κ1) is 22.5. The van der Waals surface area contributed by atoms with Gasteiger partial charge >= 0.3 is 0 Å². The van der Waals surface area contributed by atoms with Crippen molar-refractivity contribution in [3.8, 4) is 5.75 Å². The smallest absolute Gasteiger partial charge is 0.300 e. The molecule has 3 aromatic carbocycles. The molecule has 0 radical (unpaired) electrons. The van der Waals surface area contributed by atoms with E-state index >= 15 is 0 Å². The Kier molecular flexibility index (Phi) is 6.16. The Morgan fingerprint density at radius 2 is 1.79 bits per heavy atom. The van der Waals surface area contributed by atoms with Crippen LogP contribution in [0.1, 0.15) is 24.1 Å². The SMILES string of the molecule is CCOc1cc(/C(O)=C2\C(=O)C(=O)N(c3ccc(F)cc3F)C2c2ccccc2)ccc1Cl. The highest BCUT2D eigenvalue weighted by Crippen LogP contribution is 2.43. The van der Waals surface area contributed by atoms with E-state index in [4.69, 9.17) is 16.3 Å². The van der Waals surface area contributed by atoms with Gasteiger partial charge in [0.2, 0.25) is 0 Å². The number of amides is 1. The summed E-state index contributed by atoms with van der Waals surface area (Å²) in [6.45, 7) is 2.09. The molecule has 0 saturated carbocycles. The molecular weight excluding hydrogens is 452 g/mol. The van der Waals surface area contributed by atoms with Crippen LogP contribution >= 0.6 is 11.6 Å². The molecule has 1 aliphatic heterocycles. The van der Waals surface area contributed by atoms with E-state index in [1.165, 1.54) is 18.2 Å². The molecule has 1 unspecified atom stereocenters. The van der Waals surface area contributed by atoms with Crippen LogP contribution in [0.4, 0.5) is 14.5 Å². The van der Waals surface area contributed by atoms with Crippen molar-refractivity contribution in [2.24, 2.45) is 0 Å². The second-order valence-corrected chi connectivity index (χ2v) is 7.66. The molecule has 1 amide bonds. The van der Waals surface area contributed by atoms with Crippen LogP contribution in [0.2, 0.25) is 5.02 Å². The van der Waals surface area contributed by atoms with E-state index in [1.54, 1.807) is 37.3 Å². The van der Waals surface area contributed by atoms with Gasteiger partial charge in [0, 0.05) is 11.6 Å². The Balaban J connectivity index is 1.94. The number of Topliss-reactive ketones (excluding diaryl/α,β-unsaturated/α-hetero) is 1. The number of carbonyl (C=O) groups excluding carboxylic acids is 2. The third-order valence-electron chi connectivity index (χ3n) is 5.23. The number of hydrogen-bond acceptors (Lipinski definition) is 4. The highest BCUT2D eigenvalue weighted by Gasteiger charge is 2.47. The van der Waals surface area contributed by atoms with Crippen molar-refractivity contribution in [2.75, 3.05) is 11.5 Å². The minimum absolute atomic E-state index is 0.196. The second kappa shape index (κ2) is 9.03. The standard InChI is InChI=1S/C25H18ClF2NO4/c1-2-33-20-12-15(8-10-17(20)26)23(30)21-22(14-6-4-3-5-7-14)29(25(32)24(21)31)19-11-9-16(27)13-18(19)28/h3-13,22,30H,2H2,1H3/b23-21+. The first-order valence-corrected chi connectivity index (χ1v) is 10.4. The summed E-state index contributed by atoms with van der Waals surface area (Å²) in [6.07, 6.45) is 0. The zero-order valence-electron chi connectivity index (χ0n) is 17.4. The van der Waals surface area contributed by atoms with Crippen LogP contribution in [0.25, 0.3) is 5.76 Å². The lowest BCUT2D eigenvalue weighted by molar-refractivity contribution is -0.132. The third-order valence-corrected chi connectivity index (χ3v) is 5.55. The molecule has 4 rings (SSSR count). The molecule has 1 heterocycles. The highest BCUT2D eigenvalue weighted by atomic mass is 35.5. The van der Waals surface area contributed by atoms with Gasteiger partial charge in [0.25, 0.3) is 11.7 Å². The number of hydrogen-bond donors (Lipinski definition) is 1. The van der Waals surface area contributed by atoms with E-state index in [9.17, 15) is 23.5 Å². The Bertz CT molecular complexity index is 1280. The van der Waals surface area contributed by atoms with Crippen molar-refractivity contribution < 1.29 is 28.2 Å². The molecule has 1 saturated heterocycles. The summed E-state index contributed by atoms with van der Waals surface area (Å²) in [6, 6.07) is 14.4. The summed E-state index contributed by atoms with van der Waals surface area (Å²) in [5.41, 5.74) is 0.138. The predicted octanol–water partition coefficient (Wildman–Crippen LogP) is 5.64. The molecule has 168 valence electrons. The zero-order chi connectivity index (χ0) is 23.7. The lowest BCUT2D eigenvalue weighted by Crippen LogP contribution is -2.30. The largest absolute Gasteiger partial charge is 0.507 e. The van der Waals surface area contributed by atoms with E-state index in [-0.39, 0.29) is 16.8 Å². The number of halogens is 3. The van der Waals surface area contributed by atoms with Crippen molar-refractivity contribution in [2.45, 2.75) is 13.0 Å². The number of aliphatic hydroxyl groups is 1. The summed E-state index contributed by atoms with van der Waals surface area (Å²) < 4.78 is 33.6. The fourth-order valence-corrected chi connectivity index (χ4v) is 3.95. The van der Waals surface area contributed by atoms with E-state index in [1.807, 2.05) is 0 Å². The maximum atomic E-state index is 14.7. The quantitative estimate of drug-likeness (QED) is 0.298. The van der Waals surface area contributed by atoms with Gasteiger partial charge in [-0.3, -0.25) is 14.5 Å². The van der Waals surface area contributed by atoms with Crippen LogP contribution in [-0.4, -0.2) is 23.4 Å². The first-order valence-electron chi connectivity index (χ1n) is 10.1. The lowest BCUT2D eigenvalue weighted by atomic mass is 9.95. The van der Waals surface area contributed by atoms with Crippen molar-refractivity contribution in [3.05, 3.63) is 100 Å². The second-order valence-electron chi connectivity index (χ2n) is 7.25. The van der Waals surface area contributed by atoms with Gasteiger partial charge in [0.1, 0.15) is 23.1 Å². The van der Waals surface area contributed by atoms with E-state index in [2.05, 4.69) is 0 Å². The summed E-state index contributed by atoms with van der Waals surface area (Å²) in [5.74, 6) is -4.06. The minimum atomic E-state index is -1.14. The number of anilines is 1. The van der Waals surface area contributed by atoms with Gasteiger partial charge in [-0.1, -0.05) is 41.9 Å². The van der Waals surface area contributed by atoms with Crippen molar-refractivity contribution in [3.63, 3.8) is 0 Å². The number of ketones is 1. The molecule has 1 fully saturated rings. The van der Waals surface area contributed by atoms with Crippen molar-refractivity contribution in [1.29, 1.82) is 0 Å². The third kappa shape index (κ3) is 4.07. The van der Waals surface area contributed by atoms with Crippen LogP contribution in [0.5, 0.6) is 5.75 Å². The maximum Gasteiger partial charge on any atom is 0.300 e. The van der Waals surface area contributed by atoms with Crippen LogP contribution < -0.4 is 9.64 Å². The average molecular weight is 470 g/mol. The van der Waals surface area contributed by atoms with Gasteiger partial charge in [-0.25, -0.2) is 8.78 Å². The van der Waals surface area contributed by atoms with Crippen molar-refractivity contribution >= 4 is 34.7 Å². The average Bonchev–Trinajstić information content (AvgIpc) is 3.06. The molecule has 0 aliphatic carbocycles. The Morgan fingerprint density at radius 3 is 2.45 bits per heavy atom. The summed E-state index contributed by atoms with van der Waals surface area (Å²) >= 11 is 6.12. The monoisotopic (exact) mass is 469 g/mol. The van der Waals surface area contributed by atoms with Crippen LogP contribution in [-0.2, 0) is 9.59 Å². The van der Waals surface area contributed by atoms with Crippen LogP contribution in [0.15, 0.2) is 72.3 Å². The van der Waals surface area contributed by atoms with Gasteiger partial charge in [-0.15, -0.1) is 0 Å². The molecule has 0 aromatic heterocycles. The molecule has 33 heavy (non-hydrogen) atoms. The molecule has 1 aliphatic rings. The van der Waals surface area contributed by atoms with Crippen molar-refractivity contribution in [1.82, 2.24) is 0 Å². The topological polar surface area (TPSA) is 66.8 Å². The van der Waals surface area contributed by atoms with E-state index in [0.29, 0.717) is 29.0 Å². The molecule has 0 bridgehead atoms. The molecule has 5 nitrogen and oxygen atoms in total. The van der Waals surface area contributed by atoms with Gasteiger partial charge in [-0.05, 0) is 42.8 Å². The minimum Gasteiger partial charge on any atom is -0.507 e. The fourth-order valence-electron chi connectivity index (χ4n) is 3.78. The summed E-state index contributed by atoms with van der Waals surface area (Å²) in [4.78, 5) is 27.0. The maximum absolute atomic E-state index is 14.7.